The van der Waals surface area contributed by atoms with Crippen molar-refractivity contribution in [2.24, 2.45) is 0 Å². The van der Waals surface area contributed by atoms with Gasteiger partial charge in [-0.25, -0.2) is 16.8 Å². The van der Waals surface area contributed by atoms with Crippen molar-refractivity contribution in [3.05, 3.63) is 168 Å². The molecule has 6 rings (SSSR count). The molecule has 322 valence electrons. The summed E-state index contributed by atoms with van der Waals surface area (Å²) in [6.07, 6.45) is 2.13. The lowest BCUT2D eigenvalue weighted by Gasteiger charge is -2.29. The molecular weight excluding hydrogens is 845 g/mol. The second kappa shape index (κ2) is 20.9. The van der Waals surface area contributed by atoms with Crippen molar-refractivity contribution >= 4 is 72.2 Å². The van der Waals surface area contributed by atoms with Crippen LogP contribution in [0.2, 0.25) is 0 Å². The zero-order valence-corrected chi connectivity index (χ0v) is 37.6. The number of ether oxygens (including phenoxy) is 1. The van der Waals surface area contributed by atoms with Gasteiger partial charge >= 0.3 is 0 Å². The van der Waals surface area contributed by atoms with E-state index in [1.165, 1.54) is 35.1 Å². The van der Waals surface area contributed by atoms with Crippen LogP contribution in [0.1, 0.15) is 35.3 Å². The van der Waals surface area contributed by atoms with Crippen LogP contribution in [-0.4, -0.2) is 59.5 Å². The smallest absolute Gasteiger partial charge is 0.248 e. The van der Waals surface area contributed by atoms with Crippen molar-refractivity contribution in [3.63, 3.8) is 0 Å². The number of amides is 2. The second-order valence-electron chi connectivity index (χ2n) is 14.3. The van der Waals surface area contributed by atoms with Gasteiger partial charge in [-0.15, -0.1) is 0 Å². The number of carbonyl (C=O) groups excluding carboxylic acids is 3. The van der Waals surface area contributed by atoms with Gasteiger partial charge in [0.15, 0.2) is 11.5 Å². The molecule has 2 amide bonds. The molecule has 0 saturated carbocycles. The molecule has 0 aliphatic heterocycles. The third-order valence-corrected chi connectivity index (χ3v) is 12.5. The molecule has 0 aliphatic rings. The Balaban J connectivity index is 0.000000234. The number of hydrogen-bond acceptors (Lipinski definition) is 9. The number of anilines is 4. The van der Waals surface area contributed by atoms with Crippen LogP contribution in [-0.2, 0) is 29.6 Å². The number of rotatable bonds is 15. The highest BCUT2D eigenvalue weighted by atomic mass is 32.2. The molecule has 0 aliphatic carbocycles. The topological polar surface area (TPSA) is 159 Å². The van der Waals surface area contributed by atoms with Gasteiger partial charge in [0.1, 0.15) is 18.3 Å². The molecule has 15 heteroatoms. The van der Waals surface area contributed by atoms with Crippen molar-refractivity contribution in [1.82, 2.24) is 0 Å². The first-order valence-electron chi connectivity index (χ1n) is 19.3. The molecular formula is C47H48N4O8S3. The third kappa shape index (κ3) is 13.3. The van der Waals surface area contributed by atoms with Gasteiger partial charge in [0.25, 0.3) is 0 Å². The summed E-state index contributed by atoms with van der Waals surface area (Å²) < 4.78 is 57.9. The van der Waals surface area contributed by atoms with Crippen LogP contribution in [0, 0.1) is 13.8 Å². The van der Waals surface area contributed by atoms with Crippen molar-refractivity contribution in [3.8, 4) is 11.5 Å². The molecule has 6 aromatic carbocycles. The lowest BCUT2D eigenvalue weighted by Crippen LogP contribution is -2.45. The first-order chi connectivity index (χ1) is 29.4. The summed E-state index contributed by atoms with van der Waals surface area (Å²) in [6, 6.07) is 44.0. The molecule has 6 aromatic rings. The minimum absolute atomic E-state index is 0.202. The Hall–Kier alpha value is -6.42. The van der Waals surface area contributed by atoms with Gasteiger partial charge in [0, 0.05) is 15.4 Å². The van der Waals surface area contributed by atoms with Crippen LogP contribution in [0.15, 0.2) is 161 Å². The Bertz CT molecular complexity index is 2730. The van der Waals surface area contributed by atoms with Crippen LogP contribution in [0.3, 0.4) is 0 Å². The number of nitrogens with zero attached hydrogens (tertiary/aromatic N) is 2. The highest BCUT2D eigenvalue weighted by molar-refractivity contribution is 7.99. The number of para-hydroxylation sites is 4. The molecule has 0 heterocycles. The molecule has 62 heavy (non-hydrogen) atoms. The first kappa shape index (κ1) is 46.6. The lowest BCUT2D eigenvalue weighted by molar-refractivity contribution is -0.117. The number of sulfonamides is 2. The third-order valence-electron chi connectivity index (χ3n) is 9.03. The Morgan fingerprint density at radius 3 is 1.84 bits per heavy atom. The predicted molar refractivity (Wildman–Crippen MR) is 249 cm³/mol. The van der Waals surface area contributed by atoms with Gasteiger partial charge in [-0.3, -0.25) is 23.0 Å². The Labute approximate surface area is 368 Å². The zero-order valence-electron chi connectivity index (χ0n) is 35.1. The standard InChI is InChI=1S/C24H26N2O3S2.C23H22N2O5S/c1-17-14-18(2)16-20(15-17)26(31(4,28)29)19(3)24(27)25-22-12-8-9-13-23(22)30-21-10-6-5-7-11-21;1-17(26)18-9-8-10-19(15-18)25(31(2,28)29)16-23(27)24-21-13-6-7-14-22(21)30-20-11-4-3-5-12-20/h5-16,19H,1-4H3,(H,25,27);3-15H,16H2,1-2H3,(H,24,27). The van der Waals surface area contributed by atoms with E-state index in [4.69, 9.17) is 4.74 Å². The number of carbonyl (C=O) groups is 3. The fraction of sp³-hybridized carbons (Fsp3) is 0.170. The fourth-order valence-corrected chi connectivity index (χ4v) is 9.20. The SMILES string of the molecule is CC(=O)c1cccc(N(CC(=O)Nc2ccccc2Oc2ccccc2)S(C)(=O)=O)c1.Cc1cc(C)cc(N(C(C)C(=O)Nc2ccccc2Sc2ccccc2)S(C)(=O)=O)c1. The molecule has 1 unspecified atom stereocenters. The maximum absolute atomic E-state index is 13.1. The summed E-state index contributed by atoms with van der Waals surface area (Å²) >= 11 is 1.54. The molecule has 0 fully saturated rings. The van der Waals surface area contributed by atoms with E-state index in [2.05, 4.69) is 10.6 Å². The Morgan fingerprint density at radius 1 is 0.645 bits per heavy atom. The predicted octanol–water partition coefficient (Wildman–Crippen LogP) is 9.33. The molecule has 1 atom stereocenters. The minimum Gasteiger partial charge on any atom is -0.455 e. The number of hydrogen-bond donors (Lipinski definition) is 2. The van der Waals surface area contributed by atoms with Crippen molar-refractivity contribution in [2.45, 2.75) is 43.5 Å². The molecule has 12 nitrogen and oxygen atoms in total. The Kier molecular flexibility index (Phi) is 15.7. The maximum Gasteiger partial charge on any atom is 0.248 e. The number of benzene rings is 6. The molecule has 0 aromatic heterocycles. The van der Waals surface area contributed by atoms with E-state index in [0.717, 1.165) is 37.7 Å². The monoisotopic (exact) mass is 892 g/mol. The fourth-order valence-electron chi connectivity index (χ4n) is 6.27. The van der Waals surface area contributed by atoms with Gasteiger partial charge in [0.05, 0.1) is 35.3 Å². The Morgan fingerprint density at radius 2 is 1.23 bits per heavy atom. The zero-order chi connectivity index (χ0) is 45.0. The first-order valence-corrected chi connectivity index (χ1v) is 23.8. The van der Waals surface area contributed by atoms with E-state index < -0.39 is 44.4 Å². The van der Waals surface area contributed by atoms with Gasteiger partial charge in [-0.2, -0.15) is 0 Å². The van der Waals surface area contributed by atoms with Gasteiger partial charge < -0.3 is 15.4 Å². The number of Topliss-reactive ketones (excluding diaryl/α,β-unsaturated/α-hetero) is 1. The number of ketones is 1. The summed E-state index contributed by atoms with van der Waals surface area (Å²) in [4.78, 5) is 39.4. The van der Waals surface area contributed by atoms with E-state index in [1.54, 1.807) is 67.6 Å². The second-order valence-corrected chi connectivity index (χ2v) is 19.2. The highest BCUT2D eigenvalue weighted by Crippen LogP contribution is 2.34. The molecule has 0 radical (unpaired) electrons. The quantitative estimate of drug-likeness (QED) is 0.0959. The van der Waals surface area contributed by atoms with E-state index in [-0.39, 0.29) is 11.5 Å². The van der Waals surface area contributed by atoms with E-state index in [0.29, 0.717) is 34.1 Å². The average Bonchev–Trinajstić information content (AvgIpc) is 3.21. The largest absolute Gasteiger partial charge is 0.455 e. The molecule has 0 bridgehead atoms. The number of aryl methyl sites for hydroxylation is 2. The van der Waals surface area contributed by atoms with Crippen molar-refractivity contribution in [1.29, 1.82) is 0 Å². The molecule has 0 spiro atoms. The summed E-state index contributed by atoms with van der Waals surface area (Å²) in [5.41, 5.74) is 3.98. The highest BCUT2D eigenvalue weighted by Gasteiger charge is 2.30. The summed E-state index contributed by atoms with van der Waals surface area (Å²) in [6.45, 7) is 6.33. The summed E-state index contributed by atoms with van der Waals surface area (Å²) in [7, 11) is -7.46. The van der Waals surface area contributed by atoms with Crippen LogP contribution >= 0.6 is 11.8 Å². The van der Waals surface area contributed by atoms with Crippen LogP contribution in [0.4, 0.5) is 22.7 Å². The van der Waals surface area contributed by atoms with Gasteiger partial charge in [-0.05, 0) is 112 Å². The van der Waals surface area contributed by atoms with E-state index >= 15 is 0 Å². The van der Waals surface area contributed by atoms with Crippen LogP contribution in [0.25, 0.3) is 0 Å². The van der Waals surface area contributed by atoms with E-state index in [1.807, 2.05) is 92.7 Å². The average molecular weight is 893 g/mol. The maximum atomic E-state index is 13.1. The van der Waals surface area contributed by atoms with Crippen LogP contribution < -0.4 is 24.0 Å². The van der Waals surface area contributed by atoms with E-state index in [9.17, 15) is 31.2 Å². The normalized spacial score (nSPS) is 11.6. The summed E-state index contributed by atoms with van der Waals surface area (Å²) in [5, 5.41) is 5.62. The molecule has 2 N–H and O–H groups in total. The van der Waals surface area contributed by atoms with Crippen molar-refractivity contribution in [2.75, 3.05) is 38.3 Å². The lowest BCUT2D eigenvalue weighted by atomic mass is 10.1. The summed E-state index contributed by atoms with van der Waals surface area (Å²) in [5.74, 6) is -0.130. The van der Waals surface area contributed by atoms with Gasteiger partial charge in [-0.1, -0.05) is 90.6 Å². The number of nitrogens with one attached hydrogen (secondary N) is 2. The molecule has 0 saturated heterocycles. The minimum atomic E-state index is -3.78. The van der Waals surface area contributed by atoms with Gasteiger partial charge in [0.2, 0.25) is 31.9 Å². The van der Waals surface area contributed by atoms with Crippen molar-refractivity contribution < 1.29 is 36.0 Å². The van der Waals surface area contributed by atoms with Crippen LogP contribution in [0.5, 0.6) is 11.5 Å².